The zero-order chi connectivity index (χ0) is 25.0. The minimum Gasteiger partial charge on any atom is -0.467 e. The fourth-order valence-electron chi connectivity index (χ4n) is 4.92. The summed E-state index contributed by atoms with van der Waals surface area (Å²) in [6, 6.07) is 42.1. The molecule has 0 amide bonds. The highest BCUT2D eigenvalue weighted by Crippen LogP contribution is 2.44. The molecular weight excluding hydrogens is 458 g/mol. The monoisotopic (exact) mass is 483 g/mol. The molecule has 37 heavy (non-hydrogen) atoms. The van der Waals surface area contributed by atoms with E-state index in [-0.39, 0.29) is 35.8 Å². The number of nitrogens with one attached hydrogen (secondary N) is 1. The van der Waals surface area contributed by atoms with E-state index in [4.69, 9.17) is 14.5 Å². The normalized spacial score (nSPS) is 23.7. The number of ether oxygens (including phenoxy) is 2. The molecule has 6 rings (SSSR count). The number of aliphatic imine (C=N–C) groups is 1. The van der Waals surface area contributed by atoms with Crippen LogP contribution < -0.4 is 5.32 Å². The first kappa shape index (κ1) is 22.6. The van der Waals surface area contributed by atoms with Crippen LogP contribution in [0.3, 0.4) is 0 Å². The van der Waals surface area contributed by atoms with Gasteiger partial charge in [0.1, 0.15) is 18.2 Å². The number of hydrogen-bond donors (Lipinski definition) is 1. The third-order valence-corrected chi connectivity index (χ3v) is 6.72. The van der Waals surface area contributed by atoms with Gasteiger partial charge in [-0.05, 0) is 22.3 Å². The van der Waals surface area contributed by atoms with E-state index in [0.29, 0.717) is 5.88 Å². The SMILES string of the molecule is N#C/C(C1=N[C@H](c2ccccc2)[C@H](c2ccccc2)O1)=C1/N[C@H](c2ccccc2)[C@H](c2ccccc2)O1. The first-order valence-corrected chi connectivity index (χ1v) is 12.3. The maximum Gasteiger partial charge on any atom is 0.234 e. The van der Waals surface area contributed by atoms with Gasteiger partial charge in [-0.1, -0.05) is 121 Å². The van der Waals surface area contributed by atoms with E-state index in [1.807, 2.05) is 109 Å². The third kappa shape index (κ3) is 4.46. The molecular formula is C32H25N3O2. The van der Waals surface area contributed by atoms with Crippen LogP contribution in [-0.2, 0) is 9.47 Å². The Balaban J connectivity index is 1.40. The van der Waals surface area contributed by atoms with Crippen molar-refractivity contribution in [3.63, 3.8) is 0 Å². The third-order valence-electron chi connectivity index (χ3n) is 6.72. The summed E-state index contributed by atoms with van der Waals surface area (Å²) in [4.78, 5) is 4.92. The second-order valence-corrected chi connectivity index (χ2v) is 9.04. The summed E-state index contributed by atoms with van der Waals surface area (Å²) in [6.07, 6.45) is -0.655. The molecule has 0 aliphatic carbocycles. The van der Waals surface area contributed by atoms with Crippen molar-refractivity contribution in [2.24, 2.45) is 4.99 Å². The van der Waals surface area contributed by atoms with Crippen molar-refractivity contribution in [3.8, 4) is 6.07 Å². The Hall–Kier alpha value is -4.82. The van der Waals surface area contributed by atoms with Crippen LogP contribution in [0.4, 0.5) is 0 Å². The van der Waals surface area contributed by atoms with E-state index in [1.165, 1.54) is 0 Å². The van der Waals surface area contributed by atoms with Crippen LogP contribution in [0.25, 0.3) is 0 Å². The summed E-state index contributed by atoms with van der Waals surface area (Å²) < 4.78 is 12.9. The van der Waals surface area contributed by atoms with Crippen LogP contribution in [-0.4, -0.2) is 5.90 Å². The summed E-state index contributed by atoms with van der Waals surface area (Å²) in [5.41, 5.74) is 4.39. The van der Waals surface area contributed by atoms with E-state index in [9.17, 15) is 5.26 Å². The molecule has 4 atom stereocenters. The quantitative estimate of drug-likeness (QED) is 0.320. The zero-order valence-corrected chi connectivity index (χ0v) is 20.1. The molecule has 2 heterocycles. The van der Waals surface area contributed by atoms with Gasteiger partial charge in [0.05, 0.1) is 6.04 Å². The standard InChI is InChI=1S/C32H25N3O2/c33-21-26(31-34-27(22-13-5-1-6-14-22)29(36-31)24-17-9-3-10-18-24)32-35-28(23-15-7-2-8-16-23)30(37-32)25-19-11-4-12-20-25/h1-20,27-30,34H/b31-26+/t27-,28-,29+,30+/m1/s1. The van der Waals surface area contributed by atoms with Gasteiger partial charge >= 0.3 is 0 Å². The van der Waals surface area contributed by atoms with Gasteiger partial charge in [0.15, 0.2) is 11.7 Å². The van der Waals surface area contributed by atoms with Gasteiger partial charge in [0, 0.05) is 0 Å². The fraction of sp³-hybridized carbons (Fsp3) is 0.125. The Morgan fingerprint density at radius 1 is 0.622 bits per heavy atom. The van der Waals surface area contributed by atoms with Gasteiger partial charge in [0.25, 0.3) is 0 Å². The van der Waals surface area contributed by atoms with Crippen molar-refractivity contribution in [1.82, 2.24) is 5.32 Å². The highest BCUT2D eigenvalue weighted by atomic mass is 16.5. The smallest absolute Gasteiger partial charge is 0.234 e. The molecule has 2 aliphatic heterocycles. The van der Waals surface area contributed by atoms with Gasteiger partial charge in [-0.15, -0.1) is 0 Å². The first-order chi connectivity index (χ1) is 18.3. The van der Waals surface area contributed by atoms with Gasteiger partial charge in [-0.2, -0.15) is 5.26 Å². The predicted molar refractivity (Wildman–Crippen MR) is 142 cm³/mol. The fourth-order valence-corrected chi connectivity index (χ4v) is 4.92. The molecule has 0 saturated carbocycles. The van der Waals surface area contributed by atoms with Crippen molar-refractivity contribution in [3.05, 3.63) is 155 Å². The first-order valence-electron chi connectivity index (χ1n) is 12.3. The molecule has 1 N–H and O–H groups in total. The molecule has 0 radical (unpaired) electrons. The molecule has 0 spiro atoms. The zero-order valence-electron chi connectivity index (χ0n) is 20.1. The van der Waals surface area contributed by atoms with Crippen LogP contribution in [0, 0.1) is 11.3 Å². The average Bonchev–Trinajstić information content (AvgIpc) is 3.61. The predicted octanol–water partition coefficient (Wildman–Crippen LogP) is 6.74. The van der Waals surface area contributed by atoms with Gasteiger partial charge in [-0.3, -0.25) is 0 Å². The topological polar surface area (TPSA) is 66.6 Å². The maximum absolute atomic E-state index is 10.3. The number of benzene rings is 4. The summed E-state index contributed by atoms with van der Waals surface area (Å²) >= 11 is 0. The molecule has 2 aliphatic rings. The highest BCUT2D eigenvalue weighted by Gasteiger charge is 2.40. The number of nitrogens with zero attached hydrogens (tertiary/aromatic N) is 2. The van der Waals surface area contributed by atoms with Crippen molar-refractivity contribution < 1.29 is 9.47 Å². The Morgan fingerprint density at radius 2 is 1.11 bits per heavy atom. The molecule has 0 aromatic heterocycles. The Kier molecular flexibility index (Phi) is 6.14. The van der Waals surface area contributed by atoms with Crippen molar-refractivity contribution in [2.45, 2.75) is 24.3 Å². The Labute approximate surface area is 216 Å². The van der Waals surface area contributed by atoms with Crippen molar-refractivity contribution >= 4 is 5.90 Å². The van der Waals surface area contributed by atoms with Crippen molar-refractivity contribution in [1.29, 1.82) is 5.26 Å². The van der Waals surface area contributed by atoms with Crippen LogP contribution >= 0.6 is 0 Å². The Bertz CT molecular complexity index is 1410. The molecule has 0 bridgehead atoms. The summed E-state index contributed by atoms with van der Waals surface area (Å²) in [7, 11) is 0. The minimum absolute atomic E-state index is 0.168. The summed E-state index contributed by atoms with van der Waals surface area (Å²) in [6.45, 7) is 0. The second-order valence-electron chi connectivity index (χ2n) is 9.04. The average molecular weight is 484 g/mol. The lowest BCUT2D eigenvalue weighted by Crippen LogP contribution is -2.18. The van der Waals surface area contributed by atoms with Crippen LogP contribution in [0.5, 0.6) is 0 Å². The number of hydrogen-bond acceptors (Lipinski definition) is 5. The lowest BCUT2D eigenvalue weighted by Gasteiger charge is -2.18. The van der Waals surface area contributed by atoms with Gasteiger partial charge in [0.2, 0.25) is 11.8 Å². The molecule has 1 fully saturated rings. The lowest BCUT2D eigenvalue weighted by atomic mass is 9.97. The molecule has 1 saturated heterocycles. The summed E-state index contributed by atoms with van der Waals surface area (Å²) in [5, 5.41) is 13.8. The van der Waals surface area contributed by atoms with Crippen LogP contribution in [0.1, 0.15) is 46.5 Å². The highest BCUT2D eigenvalue weighted by molar-refractivity contribution is 5.99. The van der Waals surface area contributed by atoms with E-state index in [0.717, 1.165) is 22.3 Å². The molecule has 4 aromatic carbocycles. The number of rotatable bonds is 5. The summed E-state index contributed by atoms with van der Waals surface area (Å²) in [5.74, 6) is 0.665. The van der Waals surface area contributed by atoms with Crippen LogP contribution in [0.2, 0.25) is 0 Å². The largest absolute Gasteiger partial charge is 0.467 e. The molecule has 5 heteroatoms. The van der Waals surface area contributed by atoms with Crippen LogP contribution in [0.15, 0.2) is 138 Å². The second kappa shape index (κ2) is 10.0. The molecule has 4 aromatic rings. The van der Waals surface area contributed by atoms with E-state index < -0.39 is 0 Å². The van der Waals surface area contributed by atoms with Crippen molar-refractivity contribution in [2.75, 3.05) is 0 Å². The molecule has 0 unspecified atom stereocenters. The minimum atomic E-state index is -0.348. The molecule has 5 nitrogen and oxygen atoms in total. The van der Waals surface area contributed by atoms with Gasteiger partial charge in [-0.25, -0.2) is 4.99 Å². The van der Waals surface area contributed by atoms with E-state index in [1.54, 1.807) is 0 Å². The lowest BCUT2D eigenvalue weighted by molar-refractivity contribution is 0.149. The molecule has 180 valence electrons. The van der Waals surface area contributed by atoms with E-state index >= 15 is 0 Å². The maximum atomic E-state index is 10.3. The van der Waals surface area contributed by atoms with Gasteiger partial charge < -0.3 is 14.8 Å². The number of nitriles is 1. The van der Waals surface area contributed by atoms with E-state index in [2.05, 4.69) is 23.5 Å². The Morgan fingerprint density at radius 3 is 1.65 bits per heavy atom.